The van der Waals surface area contributed by atoms with Crippen LogP contribution in [0.5, 0.6) is 0 Å². The Morgan fingerprint density at radius 1 is 1.24 bits per heavy atom. The van der Waals surface area contributed by atoms with Crippen LogP contribution in [0.3, 0.4) is 0 Å². The molecule has 3 aromatic rings. The predicted molar refractivity (Wildman–Crippen MR) is 119 cm³/mol. The van der Waals surface area contributed by atoms with Gasteiger partial charge in [-0.05, 0) is 36.2 Å². The number of aryl methyl sites for hydroxylation is 1. The van der Waals surface area contributed by atoms with Crippen molar-refractivity contribution >= 4 is 44.2 Å². The van der Waals surface area contributed by atoms with Gasteiger partial charge in [0.1, 0.15) is 0 Å². The number of aromatic nitrogens is 1. The molecular weight excluding hydrogens is 406 g/mol. The van der Waals surface area contributed by atoms with E-state index in [1.807, 2.05) is 18.2 Å². The van der Waals surface area contributed by atoms with Crippen LogP contribution >= 0.6 is 22.9 Å². The van der Waals surface area contributed by atoms with Gasteiger partial charge in [-0.25, -0.2) is 4.98 Å². The van der Waals surface area contributed by atoms with Crippen LogP contribution in [0, 0.1) is 0 Å². The maximum atomic E-state index is 13.4. The second-order valence-electron chi connectivity index (χ2n) is 7.04. The summed E-state index contributed by atoms with van der Waals surface area (Å²) in [6.45, 7) is 6.71. The number of halogens is 1. The Kier molecular flexibility index (Phi) is 6.45. The van der Waals surface area contributed by atoms with E-state index >= 15 is 0 Å². The maximum absolute atomic E-state index is 13.4. The van der Waals surface area contributed by atoms with Crippen molar-refractivity contribution in [1.29, 1.82) is 0 Å². The van der Waals surface area contributed by atoms with E-state index < -0.39 is 0 Å². The number of hydrogen-bond acceptors (Lipinski definition) is 5. The lowest BCUT2D eigenvalue weighted by molar-refractivity contribution is 0.0391. The van der Waals surface area contributed by atoms with Crippen molar-refractivity contribution in [2.45, 2.75) is 13.3 Å². The molecule has 0 N–H and O–H groups in total. The zero-order valence-corrected chi connectivity index (χ0v) is 18.0. The molecule has 2 heterocycles. The SMILES string of the molecule is CCc1ccc2nc(N(CCN3CCOCC3)C(=O)c3ccccc3Cl)sc2c1. The van der Waals surface area contributed by atoms with E-state index in [1.54, 1.807) is 28.4 Å². The van der Waals surface area contributed by atoms with Gasteiger partial charge in [0.15, 0.2) is 5.13 Å². The van der Waals surface area contributed by atoms with Gasteiger partial charge in [-0.15, -0.1) is 0 Å². The molecule has 0 bridgehead atoms. The van der Waals surface area contributed by atoms with Crippen LogP contribution in [-0.4, -0.2) is 55.2 Å². The summed E-state index contributed by atoms with van der Waals surface area (Å²) in [4.78, 5) is 22.3. The number of anilines is 1. The fraction of sp³-hybridized carbons (Fsp3) is 0.364. The van der Waals surface area contributed by atoms with Gasteiger partial charge in [-0.1, -0.05) is 48.1 Å². The van der Waals surface area contributed by atoms with Crippen molar-refractivity contribution in [2.75, 3.05) is 44.3 Å². The minimum absolute atomic E-state index is 0.112. The molecule has 29 heavy (non-hydrogen) atoms. The van der Waals surface area contributed by atoms with Gasteiger partial charge in [0.05, 0.1) is 34.0 Å². The number of carbonyl (C=O) groups is 1. The molecule has 5 nitrogen and oxygen atoms in total. The van der Waals surface area contributed by atoms with Crippen LogP contribution in [0.2, 0.25) is 5.02 Å². The van der Waals surface area contributed by atoms with Crippen molar-refractivity contribution in [3.63, 3.8) is 0 Å². The lowest BCUT2D eigenvalue weighted by atomic mass is 10.2. The normalized spacial score (nSPS) is 15.0. The van der Waals surface area contributed by atoms with E-state index in [1.165, 1.54) is 5.56 Å². The zero-order chi connectivity index (χ0) is 20.2. The molecule has 1 aliphatic rings. The van der Waals surface area contributed by atoms with Crippen molar-refractivity contribution in [3.05, 3.63) is 58.6 Å². The monoisotopic (exact) mass is 429 g/mol. The summed E-state index contributed by atoms with van der Waals surface area (Å²) in [5.74, 6) is -0.112. The third-order valence-corrected chi connectivity index (χ3v) is 6.54. The van der Waals surface area contributed by atoms with Crippen molar-refractivity contribution in [2.24, 2.45) is 0 Å². The summed E-state index contributed by atoms with van der Waals surface area (Å²) in [6, 6.07) is 13.5. The largest absolute Gasteiger partial charge is 0.379 e. The fourth-order valence-corrected chi connectivity index (χ4v) is 4.69. The van der Waals surface area contributed by atoms with E-state index in [-0.39, 0.29) is 5.91 Å². The second kappa shape index (κ2) is 9.22. The molecule has 1 amide bonds. The quantitative estimate of drug-likeness (QED) is 0.579. The molecule has 0 saturated carbocycles. The summed E-state index contributed by atoms with van der Waals surface area (Å²) < 4.78 is 6.54. The van der Waals surface area contributed by atoms with E-state index in [4.69, 9.17) is 21.3 Å². The minimum atomic E-state index is -0.112. The van der Waals surface area contributed by atoms with Gasteiger partial charge in [0.2, 0.25) is 0 Å². The highest BCUT2D eigenvalue weighted by Crippen LogP contribution is 2.31. The number of thiazole rings is 1. The average Bonchev–Trinajstić information content (AvgIpc) is 3.17. The highest BCUT2D eigenvalue weighted by atomic mass is 35.5. The van der Waals surface area contributed by atoms with Gasteiger partial charge in [-0.2, -0.15) is 0 Å². The number of carbonyl (C=O) groups excluding carboxylic acids is 1. The maximum Gasteiger partial charge on any atom is 0.261 e. The highest BCUT2D eigenvalue weighted by molar-refractivity contribution is 7.22. The van der Waals surface area contributed by atoms with Crippen molar-refractivity contribution in [1.82, 2.24) is 9.88 Å². The Balaban J connectivity index is 1.65. The summed E-state index contributed by atoms with van der Waals surface area (Å²) in [7, 11) is 0. The molecule has 0 unspecified atom stereocenters. The van der Waals surface area contributed by atoms with E-state index in [9.17, 15) is 4.79 Å². The zero-order valence-electron chi connectivity index (χ0n) is 16.4. The Morgan fingerprint density at radius 3 is 2.79 bits per heavy atom. The molecule has 1 aromatic heterocycles. The van der Waals surface area contributed by atoms with Crippen LogP contribution in [0.1, 0.15) is 22.8 Å². The smallest absolute Gasteiger partial charge is 0.261 e. The Labute approximate surface area is 179 Å². The molecule has 0 atom stereocenters. The summed E-state index contributed by atoms with van der Waals surface area (Å²) in [5.41, 5.74) is 2.69. The molecule has 0 radical (unpaired) electrons. The number of hydrogen-bond donors (Lipinski definition) is 0. The fourth-order valence-electron chi connectivity index (χ4n) is 3.42. The van der Waals surface area contributed by atoms with Crippen LogP contribution < -0.4 is 4.90 Å². The molecule has 4 rings (SSSR count). The number of amides is 1. The molecule has 0 spiro atoms. The average molecular weight is 430 g/mol. The molecule has 0 aliphatic carbocycles. The molecular formula is C22H24ClN3O2S. The summed E-state index contributed by atoms with van der Waals surface area (Å²) in [5, 5.41) is 1.18. The Bertz CT molecular complexity index is 1000. The van der Waals surface area contributed by atoms with Crippen LogP contribution in [-0.2, 0) is 11.2 Å². The molecule has 1 fully saturated rings. The summed E-state index contributed by atoms with van der Waals surface area (Å²) >= 11 is 7.88. The second-order valence-corrected chi connectivity index (χ2v) is 8.46. The molecule has 1 saturated heterocycles. The first-order valence-corrected chi connectivity index (χ1v) is 11.1. The molecule has 2 aromatic carbocycles. The highest BCUT2D eigenvalue weighted by Gasteiger charge is 2.24. The van der Waals surface area contributed by atoms with Crippen LogP contribution in [0.15, 0.2) is 42.5 Å². The predicted octanol–water partition coefficient (Wildman–Crippen LogP) is 4.49. The lowest BCUT2D eigenvalue weighted by Gasteiger charge is -2.29. The number of morpholine rings is 1. The van der Waals surface area contributed by atoms with E-state index in [0.29, 0.717) is 22.3 Å². The minimum Gasteiger partial charge on any atom is -0.379 e. The third-order valence-electron chi connectivity index (χ3n) is 5.17. The van der Waals surface area contributed by atoms with Crippen molar-refractivity contribution < 1.29 is 9.53 Å². The Morgan fingerprint density at radius 2 is 2.03 bits per heavy atom. The third kappa shape index (κ3) is 4.61. The molecule has 152 valence electrons. The first kappa shape index (κ1) is 20.3. The van der Waals surface area contributed by atoms with Gasteiger partial charge in [-0.3, -0.25) is 14.6 Å². The van der Waals surface area contributed by atoms with Crippen LogP contribution in [0.4, 0.5) is 5.13 Å². The van der Waals surface area contributed by atoms with Crippen molar-refractivity contribution in [3.8, 4) is 0 Å². The number of rotatable bonds is 6. The van der Waals surface area contributed by atoms with Gasteiger partial charge in [0, 0.05) is 26.2 Å². The van der Waals surface area contributed by atoms with E-state index in [2.05, 4.69) is 24.0 Å². The van der Waals surface area contributed by atoms with Crippen LogP contribution in [0.25, 0.3) is 10.2 Å². The number of benzene rings is 2. The number of ether oxygens (including phenoxy) is 1. The number of fused-ring (bicyclic) bond motifs is 1. The standard InChI is InChI=1S/C22H24ClN3O2S/c1-2-16-7-8-19-20(15-16)29-22(24-19)26(10-9-25-11-13-28-14-12-25)21(27)17-5-3-4-6-18(17)23/h3-8,15H,2,9-14H2,1H3. The lowest BCUT2D eigenvalue weighted by Crippen LogP contribution is -2.43. The topological polar surface area (TPSA) is 45.7 Å². The summed E-state index contributed by atoms with van der Waals surface area (Å²) in [6.07, 6.45) is 0.975. The molecule has 1 aliphatic heterocycles. The Hall–Kier alpha value is -1.99. The first-order chi connectivity index (χ1) is 14.2. The van der Waals surface area contributed by atoms with Gasteiger partial charge >= 0.3 is 0 Å². The van der Waals surface area contributed by atoms with Gasteiger partial charge in [0.25, 0.3) is 5.91 Å². The van der Waals surface area contributed by atoms with E-state index in [0.717, 1.165) is 49.5 Å². The van der Waals surface area contributed by atoms with Gasteiger partial charge < -0.3 is 4.74 Å². The number of nitrogens with zero attached hydrogens (tertiary/aromatic N) is 3. The first-order valence-electron chi connectivity index (χ1n) is 9.91. The molecule has 7 heteroatoms.